The van der Waals surface area contributed by atoms with Crippen molar-refractivity contribution >= 4 is 23.5 Å². The molecule has 0 spiro atoms. The zero-order valence-corrected chi connectivity index (χ0v) is 17.9. The van der Waals surface area contributed by atoms with Crippen LogP contribution in [0.3, 0.4) is 0 Å². The summed E-state index contributed by atoms with van der Waals surface area (Å²) in [5.41, 5.74) is 0.908. The molecule has 10 heteroatoms. The number of carbonyl (C=O) groups is 1. The molecule has 31 heavy (non-hydrogen) atoms. The number of rotatable bonds is 9. The van der Waals surface area contributed by atoms with Crippen molar-refractivity contribution in [3.8, 4) is 17.1 Å². The van der Waals surface area contributed by atoms with Gasteiger partial charge < -0.3 is 19.0 Å². The predicted molar refractivity (Wildman–Crippen MR) is 115 cm³/mol. The first-order chi connectivity index (χ1) is 15.1. The Balaban J connectivity index is 1.47. The minimum Gasteiger partial charge on any atom is -0.497 e. The van der Waals surface area contributed by atoms with E-state index in [2.05, 4.69) is 20.7 Å². The topological polar surface area (TPSA) is 108 Å². The van der Waals surface area contributed by atoms with Crippen molar-refractivity contribution in [1.29, 1.82) is 0 Å². The number of benzene rings is 1. The Kier molecular flexibility index (Phi) is 6.37. The molecule has 0 aliphatic rings. The molecular weight excluding hydrogens is 418 g/mol. The highest BCUT2D eigenvalue weighted by atomic mass is 32.2. The molecule has 0 aliphatic heterocycles. The average molecular weight is 439 g/mol. The van der Waals surface area contributed by atoms with Crippen LogP contribution in [0, 0.1) is 6.92 Å². The highest BCUT2D eigenvalue weighted by molar-refractivity contribution is 7.99. The van der Waals surface area contributed by atoms with Gasteiger partial charge in [0.05, 0.1) is 19.9 Å². The lowest BCUT2D eigenvalue weighted by Gasteiger charge is -2.09. The zero-order chi connectivity index (χ0) is 21.6. The maximum atomic E-state index is 12.2. The van der Waals surface area contributed by atoms with Crippen molar-refractivity contribution in [3.05, 3.63) is 60.2 Å². The van der Waals surface area contributed by atoms with Crippen LogP contribution in [0.1, 0.15) is 17.9 Å². The SMILES string of the molecule is COc1ccc(-c2nnc(SCCC(=O)Nc3cc(C)on3)n2Cc2ccco2)cc1. The van der Waals surface area contributed by atoms with E-state index in [4.69, 9.17) is 13.7 Å². The summed E-state index contributed by atoms with van der Waals surface area (Å²) in [6.45, 7) is 2.25. The van der Waals surface area contributed by atoms with Gasteiger partial charge in [0.15, 0.2) is 16.8 Å². The van der Waals surface area contributed by atoms with Crippen molar-refractivity contribution in [1.82, 2.24) is 19.9 Å². The molecule has 0 radical (unpaired) electrons. The monoisotopic (exact) mass is 439 g/mol. The Hall–Kier alpha value is -3.53. The van der Waals surface area contributed by atoms with Crippen LogP contribution >= 0.6 is 11.8 Å². The molecule has 9 nitrogen and oxygen atoms in total. The third-order valence-electron chi connectivity index (χ3n) is 4.41. The Morgan fingerprint density at radius 2 is 2.06 bits per heavy atom. The van der Waals surface area contributed by atoms with Crippen LogP contribution in [0.25, 0.3) is 11.4 Å². The van der Waals surface area contributed by atoms with E-state index in [0.717, 1.165) is 17.1 Å². The first-order valence-corrected chi connectivity index (χ1v) is 10.6. The third kappa shape index (κ3) is 5.15. The first kappa shape index (κ1) is 20.7. The molecule has 1 N–H and O–H groups in total. The fraction of sp³-hybridized carbons (Fsp3) is 0.238. The fourth-order valence-electron chi connectivity index (χ4n) is 2.92. The average Bonchev–Trinajstić information content (AvgIpc) is 3.51. The number of methoxy groups -OCH3 is 1. The molecule has 0 unspecified atom stereocenters. The number of carbonyl (C=O) groups excluding carboxylic acids is 1. The third-order valence-corrected chi connectivity index (χ3v) is 5.38. The number of aromatic nitrogens is 4. The molecule has 0 fully saturated rings. The molecule has 0 saturated carbocycles. The lowest BCUT2D eigenvalue weighted by molar-refractivity contribution is -0.115. The molecule has 160 valence electrons. The van der Waals surface area contributed by atoms with Gasteiger partial charge in [0, 0.05) is 23.8 Å². The summed E-state index contributed by atoms with van der Waals surface area (Å²) >= 11 is 1.45. The molecule has 1 aromatic carbocycles. The van der Waals surface area contributed by atoms with E-state index in [9.17, 15) is 4.79 Å². The number of hydrogen-bond acceptors (Lipinski definition) is 8. The van der Waals surface area contributed by atoms with Gasteiger partial charge in [0.1, 0.15) is 17.3 Å². The zero-order valence-electron chi connectivity index (χ0n) is 17.1. The van der Waals surface area contributed by atoms with Crippen molar-refractivity contribution in [2.24, 2.45) is 0 Å². The Bertz CT molecular complexity index is 1140. The number of amides is 1. The van der Waals surface area contributed by atoms with Crippen LogP contribution in [-0.2, 0) is 11.3 Å². The van der Waals surface area contributed by atoms with Gasteiger partial charge in [-0.25, -0.2) is 0 Å². The lowest BCUT2D eigenvalue weighted by Crippen LogP contribution is -2.12. The van der Waals surface area contributed by atoms with Gasteiger partial charge in [-0.05, 0) is 43.3 Å². The van der Waals surface area contributed by atoms with Crippen LogP contribution in [0.2, 0.25) is 0 Å². The number of ether oxygens (including phenoxy) is 1. The van der Waals surface area contributed by atoms with Crippen LogP contribution < -0.4 is 10.1 Å². The molecule has 0 saturated heterocycles. The Labute approximate surface area is 182 Å². The summed E-state index contributed by atoms with van der Waals surface area (Å²) in [5, 5.41) is 15.9. The van der Waals surface area contributed by atoms with E-state index in [1.165, 1.54) is 11.8 Å². The van der Waals surface area contributed by atoms with Crippen LogP contribution in [0.15, 0.2) is 62.8 Å². The number of thioether (sulfide) groups is 1. The number of nitrogens with zero attached hydrogens (tertiary/aromatic N) is 4. The molecule has 0 atom stereocenters. The highest BCUT2D eigenvalue weighted by Gasteiger charge is 2.17. The predicted octanol–water partition coefficient (Wildman–Crippen LogP) is 4.01. The second kappa shape index (κ2) is 9.52. The molecule has 0 bridgehead atoms. The molecule has 3 heterocycles. The van der Waals surface area contributed by atoms with E-state index in [1.807, 2.05) is 41.0 Å². The van der Waals surface area contributed by atoms with E-state index < -0.39 is 0 Å². The summed E-state index contributed by atoms with van der Waals surface area (Å²) in [5.74, 6) is 3.70. The molecular formula is C21H21N5O4S. The van der Waals surface area contributed by atoms with Crippen LogP contribution in [-0.4, -0.2) is 38.7 Å². The molecule has 4 aromatic rings. The van der Waals surface area contributed by atoms with E-state index >= 15 is 0 Å². The molecule has 0 aliphatic carbocycles. The number of hydrogen-bond donors (Lipinski definition) is 1. The van der Waals surface area contributed by atoms with Gasteiger partial charge in [0.25, 0.3) is 0 Å². The standard InChI is InChI=1S/C21H21N5O4S/c1-14-12-18(25-30-14)22-19(27)9-11-31-21-24-23-20(15-5-7-16(28-2)8-6-15)26(21)13-17-4-3-10-29-17/h3-8,10,12H,9,11,13H2,1-2H3,(H,22,25,27). The summed E-state index contributed by atoms with van der Waals surface area (Å²) in [6.07, 6.45) is 1.93. The quantitative estimate of drug-likeness (QED) is 0.390. The first-order valence-electron chi connectivity index (χ1n) is 9.58. The van der Waals surface area contributed by atoms with Crippen molar-refractivity contribution < 1.29 is 18.5 Å². The smallest absolute Gasteiger partial charge is 0.226 e. The maximum absolute atomic E-state index is 12.2. The summed E-state index contributed by atoms with van der Waals surface area (Å²) < 4.78 is 17.7. The second-order valence-electron chi connectivity index (χ2n) is 6.67. The van der Waals surface area contributed by atoms with Crippen molar-refractivity contribution in [2.75, 3.05) is 18.2 Å². The Morgan fingerprint density at radius 1 is 1.23 bits per heavy atom. The van der Waals surface area contributed by atoms with E-state index in [0.29, 0.717) is 41.3 Å². The van der Waals surface area contributed by atoms with Gasteiger partial charge in [0.2, 0.25) is 5.91 Å². The number of anilines is 1. The normalized spacial score (nSPS) is 10.9. The lowest BCUT2D eigenvalue weighted by atomic mass is 10.2. The van der Waals surface area contributed by atoms with Gasteiger partial charge in [-0.3, -0.25) is 9.36 Å². The second-order valence-corrected chi connectivity index (χ2v) is 7.73. The molecule has 1 amide bonds. The summed E-state index contributed by atoms with van der Waals surface area (Å²) in [7, 11) is 1.63. The van der Waals surface area contributed by atoms with Gasteiger partial charge in [-0.1, -0.05) is 16.9 Å². The summed E-state index contributed by atoms with van der Waals surface area (Å²) in [4.78, 5) is 12.2. The van der Waals surface area contributed by atoms with E-state index in [-0.39, 0.29) is 5.91 Å². The summed E-state index contributed by atoms with van der Waals surface area (Å²) in [6, 6.07) is 13.0. The van der Waals surface area contributed by atoms with Crippen molar-refractivity contribution in [3.63, 3.8) is 0 Å². The van der Waals surface area contributed by atoms with E-state index in [1.54, 1.807) is 26.4 Å². The van der Waals surface area contributed by atoms with Gasteiger partial charge >= 0.3 is 0 Å². The Morgan fingerprint density at radius 3 is 2.74 bits per heavy atom. The maximum Gasteiger partial charge on any atom is 0.226 e. The minimum absolute atomic E-state index is 0.145. The largest absolute Gasteiger partial charge is 0.497 e. The van der Waals surface area contributed by atoms with Crippen molar-refractivity contribution in [2.45, 2.75) is 25.0 Å². The fourth-order valence-corrected chi connectivity index (χ4v) is 3.79. The number of aryl methyl sites for hydroxylation is 1. The van der Waals surface area contributed by atoms with Gasteiger partial charge in [-0.15, -0.1) is 10.2 Å². The number of furan rings is 1. The van der Waals surface area contributed by atoms with Crippen LogP contribution in [0.5, 0.6) is 5.75 Å². The minimum atomic E-state index is -0.145. The van der Waals surface area contributed by atoms with Gasteiger partial charge in [-0.2, -0.15) is 0 Å². The number of nitrogens with one attached hydrogen (secondary N) is 1. The van der Waals surface area contributed by atoms with Crippen LogP contribution in [0.4, 0.5) is 5.82 Å². The highest BCUT2D eigenvalue weighted by Crippen LogP contribution is 2.27. The molecule has 4 rings (SSSR count). The molecule has 3 aromatic heterocycles.